The largest absolute Gasteiger partial charge is 0.296 e. The number of aryl methyl sites for hydroxylation is 1. The fourth-order valence-electron chi connectivity index (χ4n) is 3.94. The maximum absolute atomic E-state index is 14.6. The molecule has 1 unspecified atom stereocenters. The highest BCUT2D eigenvalue weighted by Crippen LogP contribution is 2.50. The Morgan fingerprint density at radius 1 is 0.885 bits per heavy atom. The molecule has 0 radical (unpaired) electrons. The van der Waals surface area contributed by atoms with E-state index in [9.17, 15) is 4.57 Å². The van der Waals surface area contributed by atoms with Crippen molar-refractivity contribution in [1.29, 1.82) is 0 Å². The van der Waals surface area contributed by atoms with Crippen LogP contribution >= 0.6 is 7.29 Å². The third kappa shape index (κ3) is 2.74. The number of aromatic nitrogens is 2. The smallest absolute Gasteiger partial charge is 0.210 e. The molecule has 0 N–H and O–H groups in total. The third-order valence-electron chi connectivity index (χ3n) is 5.14. The number of hydrogen-bond acceptors (Lipinski definition) is 2. The first-order valence-corrected chi connectivity index (χ1v) is 10.8. The first-order chi connectivity index (χ1) is 12.6. The van der Waals surface area contributed by atoms with Gasteiger partial charge in [-0.05, 0) is 51.0 Å². The maximum atomic E-state index is 14.6. The quantitative estimate of drug-likeness (QED) is 0.660. The summed E-state index contributed by atoms with van der Waals surface area (Å²) in [6.45, 7) is 5.77. The zero-order valence-corrected chi connectivity index (χ0v) is 16.2. The lowest BCUT2D eigenvalue weighted by molar-refractivity contribution is 0.492. The summed E-state index contributed by atoms with van der Waals surface area (Å²) in [5.74, 6) is 0. The van der Waals surface area contributed by atoms with E-state index in [4.69, 9.17) is 5.10 Å². The third-order valence-corrected chi connectivity index (χ3v) is 8.59. The topological polar surface area (TPSA) is 38.1 Å². The number of para-hydroxylation sites is 1. The predicted molar refractivity (Wildman–Crippen MR) is 107 cm³/mol. The second-order valence-electron chi connectivity index (χ2n) is 6.84. The zero-order chi connectivity index (χ0) is 18.1. The van der Waals surface area contributed by atoms with Crippen LogP contribution in [0.25, 0.3) is 5.69 Å². The van der Waals surface area contributed by atoms with Gasteiger partial charge < -0.3 is 0 Å². The molecule has 4 nitrogen and oxygen atoms in total. The minimum Gasteiger partial charge on any atom is -0.296 e. The van der Waals surface area contributed by atoms with Crippen molar-refractivity contribution >= 4 is 17.9 Å². The molecule has 0 saturated carbocycles. The van der Waals surface area contributed by atoms with Gasteiger partial charge in [0.1, 0.15) is 0 Å². The van der Waals surface area contributed by atoms with Gasteiger partial charge in [0.05, 0.1) is 22.4 Å². The van der Waals surface area contributed by atoms with Crippen LogP contribution < -0.4 is 10.6 Å². The van der Waals surface area contributed by atoms with E-state index in [1.807, 2.05) is 79.2 Å². The summed E-state index contributed by atoms with van der Waals surface area (Å²) in [6, 6.07) is 20.0. The Morgan fingerprint density at radius 2 is 1.46 bits per heavy atom. The van der Waals surface area contributed by atoms with Crippen LogP contribution in [0.4, 0.5) is 0 Å². The molecule has 0 aliphatic carbocycles. The fraction of sp³-hybridized carbons (Fsp3) is 0.286. The van der Waals surface area contributed by atoms with Crippen molar-refractivity contribution in [3.05, 3.63) is 72.1 Å². The van der Waals surface area contributed by atoms with Gasteiger partial charge in [0, 0.05) is 18.4 Å². The lowest BCUT2D eigenvalue weighted by atomic mass is 10.3. The van der Waals surface area contributed by atoms with Gasteiger partial charge in [0.25, 0.3) is 0 Å². The van der Waals surface area contributed by atoms with Crippen molar-refractivity contribution in [3.8, 4) is 5.69 Å². The molecule has 4 rings (SSSR count). The van der Waals surface area contributed by atoms with Crippen LogP contribution in [0.2, 0.25) is 0 Å². The summed E-state index contributed by atoms with van der Waals surface area (Å²) in [4.78, 5) is 0. The van der Waals surface area contributed by atoms with Gasteiger partial charge in [-0.3, -0.25) is 4.57 Å². The van der Waals surface area contributed by atoms with Crippen molar-refractivity contribution in [2.75, 3.05) is 13.1 Å². The number of rotatable bonds is 4. The average Bonchev–Trinajstić information content (AvgIpc) is 3.32. The molecule has 5 heteroatoms. The summed E-state index contributed by atoms with van der Waals surface area (Å²) in [5.41, 5.74) is 2.82. The summed E-state index contributed by atoms with van der Waals surface area (Å²) < 4.78 is 18.7. The van der Waals surface area contributed by atoms with Crippen molar-refractivity contribution in [1.82, 2.24) is 14.5 Å². The summed E-state index contributed by atoms with van der Waals surface area (Å²) in [7, 11) is -2.90. The molecule has 1 fully saturated rings. The number of hydrogen-bond donors (Lipinski definition) is 0. The van der Waals surface area contributed by atoms with Crippen molar-refractivity contribution in [3.63, 3.8) is 0 Å². The van der Waals surface area contributed by atoms with E-state index >= 15 is 0 Å². The van der Waals surface area contributed by atoms with Crippen molar-refractivity contribution < 1.29 is 4.57 Å². The fourth-order valence-corrected chi connectivity index (χ4v) is 7.25. The van der Waals surface area contributed by atoms with Crippen LogP contribution in [0.5, 0.6) is 0 Å². The van der Waals surface area contributed by atoms with Crippen LogP contribution in [0.15, 0.2) is 60.7 Å². The zero-order valence-electron chi connectivity index (χ0n) is 15.3. The molecule has 26 heavy (non-hydrogen) atoms. The van der Waals surface area contributed by atoms with Gasteiger partial charge in [0.15, 0.2) is 0 Å². The molecular formula is C21H24N3OP. The van der Waals surface area contributed by atoms with E-state index in [2.05, 4.69) is 4.67 Å². The Balaban J connectivity index is 1.93. The molecule has 2 aromatic carbocycles. The van der Waals surface area contributed by atoms with Crippen LogP contribution in [0, 0.1) is 13.8 Å². The van der Waals surface area contributed by atoms with Crippen molar-refractivity contribution in [2.45, 2.75) is 26.7 Å². The first-order valence-electron chi connectivity index (χ1n) is 9.15. The summed E-state index contributed by atoms with van der Waals surface area (Å²) in [5, 5.41) is 6.56. The summed E-state index contributed by atoms with van der Waals surface area (Å²) in [6.07, 6.45) is 2.20. The highest BCUT2D eigenvalue weighted by molar-refractivity contribution is 7.76. The molecule has 0 amide bonds. The van der Waals surface area contributed by atoms with Crippen LogP contribution in [0.3, 0.4) is 0 Å². The predicted octanol–water partition coefficient (Wildman–Crippen LogP) is 3.81. The van der Waals surface area contributed by atoms with Gasteiger partial charge >= 0.3 is 0 Å². The van der Waals surface area contributed by atoms with Crippen LogP contribution in [-0.2, 0) is 4.57 Å². The average molecular weight is 365 g/mol. The van der Waals surface area contributed by atoms with E-state index in [-0.39, 0.29) is 0 Å². The second kappa shape index (κ2) is 6.86. The number of benzene rings is 2. The Labute approximate surface area is 154 Å². The first kappa shape index (κ1) is 17.3. The SMILES string of the molecule is Cc1nn(-c2ccccc2)c(C)c1P(=O)(c1ccccc1)N1CCCC1. The molecule has 1 aromatic heterocycles. The number of nitrogens with zero attached hydrogens (tertiary/aromatic N) is 3. The molecule has 1 atom stereocenters. The molecule has 1 saturated heterocycles. The van der Waals surface area contributed by atoms with Gasteiger partial charge in [-0.15, -0.1) is 0 Å². The lowest BCUT2D eigenvalue weighted by Crippen LogP contribution is -2.32. The van der Waals surface area contributed by atoms with Crippen molar-refractivity contribution in [2.24, 2.45) is 0 Å². The standard InChI is InChI=1S/C21H24N3OP/c1-17-21(18(2)24(22-17)19-11-5-3-6-12-19)26(25,23-15-9-10-16-23)20-13-7-4-8-14-20/h3-8,11-14H,9-10,15-16H2,1-2H3. The van der Waals surface area contributed by atoms with Gasteiger partial charge in [-0.1, -0.05) is 36.4 Å². The van der Waals surface area contributed by atoms with Crippen LogP contribution in [-0.4, -0.2) is 27.5 Å². The molecule has 3 aromatic rings. The molecule has 1 aliphatic rings. The highest BCUT2D eigenvalue weighted by atomic mass is 31.2. The van der Waals surface area contributed by atoms with E-state index in [1.165, 1.54) is 0 Å². The van der Waals surface area contributed by atoms with Gasteiger partial charge in [-0.25, -0.2) is 9.35 Å². The summed E-state index contributed by atoms with van der Waals surface area (Å²) >= 11 is 0. The van der Waals surface area contributed by atoms with E-state index in [0.717, 1.165) is 53.6 Å². The van der Waals surface area contributed by atoms with E-state index in [1.54, 1.807) is 0 Å². The molecule has 0 spiro atoms. The Bertz CT molecular complexity index is 944. The normalized spacial score (nSPS) is 17.3. The minimum absolute atomic E-state index is 0.852. The van der Waals surface area contributed by atoms with Gasteiger partial charge in [0.2, 0.25) is 7.29 Å². The second-order valence-corrected chi connectivity index (χ2v) is 9.52. The highest BCUT2D eigenvalue weighted by Gasteiger charge is 2.40. The van der Waals surface area contributed by atoms with Crippen LogP contribution in [0.1, 0.15) is 24.2 Å². The molecule has 0 bridgehead atoms. The maximum Gasteiger partial charge on any atom is 0.210 e. The molecule has 2 heterocycles. The van der Waals surface area contributed by atoms with E-state index in [0.29, 0.717) is 0 Å². The van der Waals surface area contributed by atoms with E-state index < -0.39 is 7.29 Å². The molecule has 134 valence electrons. The monoisotopic (exact) mass is 365 g/mol. The lowest BCUT2D eigenvalue weighted by Gasteiger charge is -2.29. The minimum atomic E-state index is -2.90. The Kier molecular flexibility index (Phi) is 4.56. The molecular weight excluding hydrogens is 341 g/mol. The van der Waals surface area contributed by atoms with Gasteiger partial charge in [-0.2, -0.15) is 5.10 Å². The Morgan fingerprint density at radius 3 is 2.08 bits per heavy atom. The molecule has 1 aliphatic heterocycles. The Hall–Kier alpha value is -2.16.